The summed E-state index contributed by atoms with van der Waals surface area (Å²) in [4.78, 5) is 111. The number of aryl methyl sites for hydroxylation is 2. The Kier molecular flexibility index (Phi) is 16.4. The molecule has 6 aromatic rings. The Bertz CT molecular complexity index is 3520. The van der Waals surface area contributed by atoms with Crippen LogP contribution in [0.5, 0.6) is 11.5 Å². The molecule has 2 saturated heterocycles. The Morgan fingerprint density at radius 3 is 1.33 bits per heavy atom. The third-order valence-corrected chi connectivity index (χ3v) is 15.2. The topological polar surface area (TPSA) is 286 Å². The minimum absolute atomic E-state index is 0.0941. The lowest BCUT2D eigenvalue weighted by atomic mass is 10.1. The minimum Gasteiger partial charge on any atom is -0.492 e. The van der Waals surface area contributed by atoms with Crippen molar-refractivity contribution in [1.82, 2.24) is 18.9 Å². The summed E-state index contributed by atoms with van der Waals surface area (Å²) in [6, 6.07) is 1.48. The van der Waals surface area contributed by atoms with E-state index in [-0.39, 0.29) is 75.3 Å². The van der Waals surface area contributed by atoms with Gasteiger partial charge in [0.2, 0.25) is 24.4 Å². The second-order valence-corrected chi connectivity index (χ2v) is 20.7. The first-order chi connectivity index (χ1) is 39.8. The van der Waals surface area contributed by atoms with Gasteiger partial charge in [-0.3, -0.25) is 19.4 Å². The van der Waals surface area contributed by atoms with Crippen molar-refractivity contribution in [3.8, 4) is 11.5 Å². The molecule has 0 amide bonds. The second kappa shape index (κ2) is 23.7. The zero-order valence-corrected chi connectivity index (χ0v) is 46.4. The first-order valence-electron chi connectivity index (χ1n) is 26.9. The molecule has 4 fully saturated rings. The molecule has 0 radical (unpaired) electrons. The number of pyridine rings is 2. The molecule has 10 rings (SSSR count). The third kappa shape index (κ3) is 11.9. The SMILES string of the molecule is CCC(OC(=O)OCOC(=O)c1cn(C2CC2)c2c(OC)c(N3CCN(Cc4oc(=O)oc4C)C(C)C3)c(F)cc2c1=O)OC(=O)OCOC(=O)c1cn(C2CC2)c2c(OC)c(N3CCN(Cc4oc(=O)oc4C)C(C)C3)c(F)cc2c1=O. The van der Waals surface area contributed by atoms with Crippen LogP contribution in [-0.4, -0.2) is 129 Å². The molecular formula is C55H60F2N6O20. The van der Waals surface area contributed by atoms with Crippen molar-refractivity contribution in [3.05, 3.63) is 112 Å². The Balaban J connectivity index is 0.731. The van der Waals surface area contributed by atoms with E-state index in [4.69, 9.17) is 55.6 Å². The maximum Gasteiger partial charge on any atom is 0.519 e. The fourth-order valence-corrected chi connectivity index (χ4v) is 10.6. The number of nitrogens with zero attached hydrogens (tertiary/aromatic N) is 6. The van der Waals surface area contributed by atoms with Gasteiger partial charge in [-0.25, -0.2) is 37.5 Å². The number of hydrogen-bond donors (Lipinski definition) is 0. The lowest BCUT2D eigenvalue weighted by Gasteiger charge is -2.41. The van der Waals surface area contributed by atoms with E-state index in [1.165, 1.54) is 33.5 Å². The van der Waals surface area contributed by atoms with Crippen molar-refractivity contribution >= 4 is 57.4 Å². The molecule has 2 aliphatic heterocycles. The summed E-state index contributed by atoms with van der Waals surface area (Å²) in [6.45, 7) is 9.40. The van der Waals surface area contributed by atoms with Crippen LogP contribution >= 0.6 is 0 Å². The molecule has 2 aliphatic carbocycles. The number of methoxy groups -OCH3 is 2. The van der Waals surface area contributed by atoms with Crippen LogP contribution in [0.2, 0.25) is 0 Å². The maximum absolute atomic E-state index is 16.3. The van der Waals surface area contributed by atoms with Gasteiger partial charge in [-0.1, -0.05) is 6.92 Å². The van der Waals surface area contributed by atoms with Crippen LogP contribution in [0.4, 0.5) is 29.7 Å². The largest absolute Gasteiger partial charge is 0.519 e. The second-order valence-electron chi connectivity index (χ2n) is 20.7. The van der Waals surface area contributed by atoms with Crippen molar-refractivity contribution in [3.63, 3.8) is 0 Å². The van der Waals surface area contributed by atoms with E-state index in [2.05, 4.69) is 9.80 Å². The molecule has 26 nitrogen and oxygen atoms in total. The number of benzene rings is 2. The van der Waals surface area contributed by atoms with E-state index in [9.17, 15) is 38.4 Å². The molecule has 83 heavy (non-hydrogen) atoms. The molecule has 0 N–H and O–H groups in total. The number of carbonyl (C=O) groups excluding carboxylic acids is 4. The number of carbonyl (C=O) groups is 4. The van der Waals surface area contributed by atoms with Gasteiger partial charge in [-0.05, 0) is 65.5 Å². The van der Waals surface area contributed by atoms with E-state index in [0.29, 0.717) is 101 Å². The van der Waals surface area contributed by atoms with Gasteiger partial charge in [0.1, 0.15) is 34.0 Å². The summed E-state index contributed by atoms with van der Waals surface area (Å²) < 4.78 is 98.0. The van der Waals surface area contributed by atoms with Crippen LogP contribution in [0.3, 0.4) is 0 Å². The molecule has 444 valence electrons. The third-order valence-electron chi connectivity index (χ3n) is 15.2. The summed E-state index contributed by atoms with van der Waals surface area (Å²) >= 11 is 0. The summed E-state index contributed by atoms with van der Waals surface area (Å²) in [7, 11) is 2.72. The average molecular weight is 1160 g/mol. The van der Waals surface area contributed by atoms with E-state index >= 15 is 8.78 Å². The molecule has 0 bridgehead atoms. The number of fused-ring (bicyclic) bond motifs is 2. The van der Waals surface area contributed by atoms with Crippen LogP contribution in [0.1, 0.15) is 109 Å². The Morgan fingerprint density at radius 2 is 1.00 bits per heavy atom. The Labute approximate surface area is 469 Å². The van der Waals surface area contributed by atoms with Crippen molar-refractivity contribution in [2.24, 2.45) is 0 Å². The summed E-state index contributed by atoms with van der Waals surface area (Å²) in [5.74, 6) is -3.81. The highest BCUT2D eigenvalue weighted by Crippen LogP contribution is 2.46. The maximum atomic E-state index is 16.3. The van der Waals surface area contributed by atoms with Crippen LogP contribution in [0.15, 0.2) is 61.4 Å². The highest BCUT2D eigenvalue weighted by molar-refractivity contribution is 5.99. The predicted molar refractivity (Wildman–Crippen MR) is 284 cm³/mol. The van der Waals surface area contributed by atoms with Crippen molar-refractivity contribution < 1.29 is 83.5 Å². The average Bonchev–Trinajstić information content (AvgIpc) is 3.31. The molecule has 4 aliphatic rings. The van der Waals surface area contributed by atoms with E-state index < -0.39 is 89.4 Å². The number of halogens is 2. The number of hydrogen-bond acceptors (Lipinski definition) is 24. The number of ether oxygens (including phenoxy) is 8. The number of aromatic nitrogens is 2. The van der Waals surface area contributed by atoms with Gasteiger partial charge in [-0.2, -0.15) is 0 Å². The van der Waals surface area contributed by atoms with Crippen LogP contribution in [-0.2, 0) is 41.5 Å². The number of esters is 2. The van der Waals surface area contributed by atoms with Gasteiger partial charge in [0, 0.05) is 82.3 Å². The van der Waals surface area contributed by atoms with Crippen molar-refractivity contribution in [2.75, 3.05) is 76.9 Å². The number of anilines is 2. The van der Waals surface area contributed by atoms with E-state index in [0.717, 1.165) is 12.1 Å². The van der Waals surface area contributed by atoms with Gasteiger partial charge in [0.25, 0.3) is 6.29 Å². The predicted octanol–water partition coefficient (Wildman–Crippen LogP) is 6.38. The molecule has 2 aromatic carbocycles. The highest BCUT2D eigenvalue weighted by atomic mass is 19.1. The summed E-state index contributed by atoms with van der Waals surface area (Å²) in [5, 5.41) is -0.306. The lowest BCUT2D eigenvalue weighted by Crippen LogP contribution is -2.51. The zero-order chi connectivity index (χ0) is 59.1. The first-order valence-corrected chi connectivity index (χ1v) is 26.9. The van der Waals surface area contributed by atoms with Crippen molar-refractivity contribution in [1.29, 1.82) is 0 Å². The zero-order valence-electron chi connectivity index (χ0n) is 46.4. The van der Waals surface area contributed by atoms with Gasteiger partial charge in [0.05, 0.1) is 49.1 Å². The van der Waals surface area contributed by atoms with Gasteiger partial charge < -0.3 is 74.5 Å². The Hall–Kier alpha value is -8.66. The smallest absolute Gasteiger partial charge is 0.492 e. The van der Waals surface area contributed by atoms with Gasteiger partial charge >= 0.3 is 35.9 Å². The van der Waals surface area contributed by atoms with E-state index in [1.807, 2.05) is 23.6 Å². The van der Waals surface area contributed by atoms with Gasteiger partial charge in [-0.15, -0.1) is 0 Å². The highest BCUT2D eigenvalue weighted by Gasteiger charge is 2.37. The quantitative estimate of drug-likeness (QED) is 0.0482. The fourth-order valence-electron chi connectivity index (χ4n) is 10.6. The standard InChI is InChI=1S/C55H60F2N6O20/c1-8-41(82-52(68)76-25-74-50(66)35-21-62(31-9-10-31)42-33(46(35)64)17-37(56)44(48(42)72-6)60-15-13-58(27(2)19-60)23-39-29(4)78-54(70)80-39)83-53(69)77-26-75-51(67)36-22-63(32-11-12-32)43-34(47(36)65)18-38(57)45(49(43)73-7)61-16-14-59(28(3)20-61)24-40-30(5)79-55(71)81-40/h17-18,21-22,27-28,31-32,41H,8-16,19-20,23-26H2,1-7H3. The van der Waals surface area contributed by atoms with E-state index in [1.54, 1.807) is 23.0 Å². The molecule has 6 heterocycles. The molecule has 28 heteroatoms. The fraction of sp³-hybridized carbons (Fsp3) is 0.491. The minimum atomic E-state index is -1.63. The Morgan fingerprint density at radius 1 is 0.602 bits per heavy atom. The molecule has 2 atom stereocenters. The molecule has 0 spiro atoms. The molecule has 2 saturated carbocycles. The first kappa shape index (κ1) is 57.6. The van der Waals surface area contributed by atoms with Crippen LogP contribution in [0.25, 0.3) is 21.8 Å². The molecule has 4 aromatic heterocycles. The van der Waals surface area contributed by atoms with Gasteiger partial charge in [0.15, 0.2) is 34.7 Å². The molecule has 2 unspecified atom stereocenters. The number of piperazine rings is 2. The van der Waals surface area contributed by atoms with Crippen LogP contribution < -0.4 is 41.8 Å². The van der Waals surface area contributed by atoms with Crippen LogP contribution in [0, 0.1) is 25.5 Å². The monoisotopic (exact) mass is 1160 g/mol. The number of rotatable bonds is 19. The summed E-state index contributed by atoms with van der Waals surface area (Å²) in [5.41, 5.74) is -1.91. The summed E-state index contributed by atoms with van der Waals surface area (Å²) in [6.07, 6.45) is 0.617. The molecular weight excluding hydrogens is 1100 g/mol. The normalized spacial score (nSPS) is 18.0. The van der Waals surface area contributed by atoms with Crippen molar-refractivity contribution in [2.45, 2.75) is 110 Å². The lowest BCUT2D eigenvalue weighted by molar-refractivity contribution is -0.123.